The van der Waals surface area contributed by atoms with Crippen LogP contribution in [0.25, 0.3) is 11.1 Å². The van der Waals surface area contributed by atoms with E-state index in [1.165, 1.54) is 7.11 Å². The molecule has 2 rings (SSSR count). The van der Waals surface area contributed by atoms with E-state index in [0.29, 0.717) is 31.9 Å². The van der Waals surface area contributed by atoms with Gasteiger partial charge in [-0.05, 0) is 23.8 Å². The number of rotatable bonds is 2. The molecule has 0 amide bonds. The van der Waals surface area contributed by atoms with E-state index >= 15 is 0 Å². The molecule has 20 heavy (non-hydrogen) atoms. The van der Waals surface area contributed by atoms with E-state index in [4.69, 9.17) is 74.3 Å². The van der Waals surface area contributed by atoms with Crippen LogP contribution in [0.3, 0.4) is 0 Å². The molecule has 0 saturated carbocycles. The summed E-state index contributed by atoms with van der Waals surface area (Å²) in [7, 11) is 1.49. The van der Waals surface area contributed by atoms with Crippen LogP contribution in [0.5, 0.6) is 5.75 Å². The average molecular weight is 391 g/mol. The first-order valence-corrected chi connectivity index (χ1v) is 7.50. The molecular formula is C13H6Cl6O. The number of ether oxygens (including phenoxy) is 1. The summed E-state index contributed by atoms with van der Waals surface area (Å²) in [6.45, 7) is 0. The Morgan fingerprint density at radius 3 is 1.90 bits per heavy atom. The molecule has 1 nitrogen and oxygen atoms in total. The second kappa shape index (κ2) is 6.39. The lowest BCUT2D eigenvalue weighted by atomic mass is 10.1. The lowest BCUT2D eigenvalue weighted by Crippen LogP contribution is -1.89. The first kappa shape index (κ1) is 16.4. The van der Waals surface area contributed by atoms with E-state index in [1.54, 1.807) is 18.2 Å². The van der Waals surface area contributed by atoms with Gasteiger partial charge in [0.1, 0.15) is 10.8 Å². The Morgan fingerprint density at radius 2 is 1.30 bits per heavy atom. The molecule has 0 unspecified atom stereocenters. The van der Waals surface area contributed by atoms with Crippen molar-refractivity contribution in [3.8, 4) is 16.9 Å². The predicted octanol–water partition coefficient (Wildman–Crippen LogP) is 7.28. The lowest BCUT2D eigenvalue weighted by molar-refractivity contribution is 0.415. The predicted molar refractivity (Wildman–Crippen MR) is 88.5 cm³/mol. The van der Waals surface area contributed by atoms with Crippen LogP contribution in [0.15, 0.2) is 18.2 Å². The Labute approximate surface area is 146 Å². The zero-order valence-corrected chi connectivity index (χ0v) is 14.4. The molecule has 0 saturated heterocycles. The molecule has 0 aliphatic heterocycles. The summed E-state index contributed by atoms with van der Waals surface area (Å²) in [5.74, 6) is 0.424. The summed E-state index contributed by atoms with van der Waals surface area (Å²) in [6.07, 6.45) is 0. The van der Waals surface area contributed by atoms with E-state index in [1.807, 2.05) is 0 Å². The van der Waals surface area contributed by atoms with Crippen molar-refractivity contribution in [2.45, 2.75) is 0 Å². The first-order chi connectivity index (χ1) is 9.36. The highest BCUT2D eigenvalue weighted by atomic mass is 35.5. The molecule has 0 aliphatic carbocycles. The minimum absolute atomic E-state index is 0.181. The zero-order chi connectivity index (χ0) is 15.0. The summed E-state index contributed by atoms with van der Waals surface area (Å²) in [5.41, 5.74) is 1.25. The highest BCUT2D eigenvalue weighted by Gasteiger charge is 2.17. The topological polar surface area (TPSA) is 9.23 Å². The second-order valence-corrected chi connectivity index (χ2v) is 6.15. The number of hydrogen-bond donors (Lipinski definition) is 0. The third kappa shape index (κ3) is 2.94. The lowest BCUT2D eigenvalue weighted by Gasteiger charge is -2.12. The molecule has 2 aromatic rings. The summed E-state index contributed by atoms with van der Waals surface area (Å²) in [6, 6.07) is 4.95. The Bertz CT molecular complexity index is 683. The highest BCUT2D eigenvalue weighted by molar-refractivity contribution is 6.52. The normalized spacial score (nSPS) is 10.8. The molecule has 0 N–H and O–H groups in total. The van der Waals surface area contributed by atoms with Crippen molar-refractivity contribution in [3.05, 3.63) is 48.3 Å². The van der Waals surface area contributed by atoms with Gasteiger partial charge in [0.15, 0.2) is 0 Å². The molecule has 0 atom stereocenters. The second-order valence-electron chi connectivity index (χ2n) is 3.82. The molecule has 0 radical (unpaired) electrons. The van der Waals surface area contributed by atoms with Crippen molar-refractivity contribution in [1.82, 2.24) is 0 Å². The molecule has 0 heterocycles. The fourth-order valence-electron chi connectivity index (χ4n) is 1.65. The minimum Gasteiger partial charge on any atom is -0.495 e. The van der Waals surface area contributed by atoms with Crippen LogP contribution in [-0.4, -0.2) is 7.11 Å². The number of methoxy groups -OCH3 is 1. The Kier molecular flexibility index (Phi) is 5.23. The van der Waals surface area contributed by atoms with E-state index in [2.05, 4.69) is 0 Å². The third-order valence-electron chi connectivity index (χ3n) is 2.63. The Balaban J connectivity index is 2.72. The van der Waals surface area contributed by atoms with E-state index in [9.17, 15) is 0 Å². The molecule has 2 aromatic carbocycles. The van der Waals surface area contributed by atoms with Crippen molar-refractivity contribution >= 4 is 69.6 Å². The van der Waals surface area contributed by atoms with Gasteiger partial charge in [0, 0.05) is 5.56 Å². The van der Waals surface area contributed by atoms with Crippen molar-refractivity contribution in [1.29, 1.82) is 0 Å². The van der Waals surface area contributed by atoms with Crippen molar-refractivity contribution < 1.29 is 4.74 Å². The average Bonchev–Trinajstić information content (AvgIpc) is 2.43. The quantitative estimate of drug-likeness (QED) is 0.386. The van der Waals surface area contributed by atoms with Gasteiger partial charge in [0.25, 0.3) is 0 Å². The SMILES string of the molecule is COc1cc(-c2cc(Cl)c(Cl)c(Cl)c2Cl)cc(Cl)c1Cl. The Hall–Kier alpha value is -0.0200. The van der Waals surface area contributed by atoms with Gasteiger partial charge in [-0.2, -0.15) is 0 Å². The van der Waals surface area contributed by atoms with Gasteiger partial charge < -0.3 is 4.74 Å². The van der Waals surface area contributed by atoms with Crippen molar-refractivity contribution in [2.24, 2.45) is 0 Å². The first-order valence-electron chi connectivity index (χ1n) is 5.23. The molecule has 0 aromatic heterocycles. The molecule has 0 bridgehead atoms. The van der Waals surface area contributed by atoms with Gasteiger partial charge >= 0.3 is 0 Å². The fourth-order valence-corrected chi connectivity index (χ4v) is 2.96. The van der Waals surface area contributed by atoms with Gasteiger partial charge in [-0.25, -0.2) is 0 Å². The van der Waals surface area contributed by atoms with Gasteiger partial charge in [0.05, 0.1) is 32.2 Å². The van der Waals surface area contributed by atoms with Crippen LogP contribution < -0.4 is 4.74 Å². The zero-order valence-electron chi connectivity index (χ0n) is 9.91. The molecular weight excluding hydrogens is 385 g/mol. The maximum absolute atomic E-state index is 6.20. The molecule has 0 fully saturated rings. The van der Waals surface area contributed by atoms with Crippen molar-refractivity contribution in [2.75, 3.05) is 7.11 Å². The summed E-state index contributed by atoms with van der Waals surface area (Å²) >= 11 is 36.3. The standard InChI is InChI=1S/C13H6Cl6O/c1-20-9-3-5(2-7(14)11(9)17)6-4-8(15)12(18)13(19)10(6)16/h2-4H,1H3. The van der Waals surface area contributed by atoms with E-state index < -0.39 is 0 Å². The third-order valence-corrected chi connectivity index (χ3v) is 5.16. The minimum atomic E-state index is 0.181. The van der Waals surface area contributed by atoms with Crippen molar-refractivity contribution in [3.63, 3.8) is 0 Å². The molecule has 106 valence electrons. The summed E-state index contributed by atoms with van der Waals surface area (Å²) in [4.78, 5) is 0. The highest BCUT2D eigenvalue weighted by Crippen LogP contribution is 2.45. The number of benzene rings is 2. The Morgan fingerprint density at radius 1 is 0.700 bits per heavy atom. The van der Waals surface area contributed by atoms with Gasteiger partial charge in [-0.1, -0.05) is 69.6 Å². The van der Waals surface area contributed by atoms with Crippen LogP contribution in [0.4, 0.5) is 0 Å². The van der Waals surface area contributed by atoms with Crippen LogP contribution >= 0.6 is 69.6 Å². The molecule has 7 heteroatoms. The molecule has 0 aliphatic rings. The summed E-state index contributed by atoms with van der Waals surface area (Å²) < 4.78 is 5.16. The maximum Gasteiger partial charge on any atom is 0.139 e. The molecule has 0 spiro atoms. The smallest absolute Gasteiger partial charge is 0.139 e. The largest absolute Gasteiger partial charge is 0.495 e. The monoisotopic (exact) mass is 388 g/mol. The maximum atomic E-state index is 6.20. The van der Waals surface area contributed by atoms with Gasteiger partial charge in [0.2, 0.25) is 0 Å². The summed E-state index contributed by atoms with van der Waals surface area (Å²) in [5, 5.41) is 1.61. The number of halogens is 6. The van der Waals surface area contributed by atoms with Crippen LogP contribution in [0, 0.1) is 0 Å². The van der Waals surface area contributed by atoms with Gasteiger partial charge in [-0.3, -0.25) is 0 Å². The van der Waals surface area contributed by atoms with Crippen LogP contribution in [-0.2, 0) is 0 Å². The van der Waals surface area contributed by atoms with E-state index in [-0.39, 0.29) is 15.1 Å². The number of hydrogen-bond acceptors (Lipinski definition) is 1. The van der Waals surface area contributed by atoms with E-state index in [0.717, 1.165) is 0 Å². The fraction of sp³-hybridized carbons (Fsp3) is 0.0769. The van der Waals surface area contributed by atoms with Crippen LogP contribution in [0.1, 0.15) is 0 Å². The van der Waals surface area contributed by atoms with Gasteiger partial charge in [-0.15, -0.1) is 0 Å². The van der Waals surface area contributed by atoms with Crippen LogP contribution in [0.2, 0.25) is 30.1 Å².